The highest BCUT2D eigenvalue weighted by molar-refractivity contribution is 5.99. The third-order valence-corrected chi connectivity index (χ3v) is 3.10. The van der Waals surface area contributed by atoms with Gasteiger partial charge in [0.05, 0.1) is 6.04 Å². The topological polar surface area (TPSA) is 96.9 Å². The van der Waals surface area contributed by atoms with Crippen molar-refractivity contribution in [1.29, 1.82) is 0 Å². The van der Waals surface area contributed by atoms with Crippen molar-refractivity contribution < 1.29 is 9.21 Å². The summed E-state index contributed by atoms with van der Waals surface area (Å²) in [5.41, 5.74) is 7.68. The van der Waals surface area contributed by atoms with Crippen LogP contribution >= 0.6 is 0 Å². The minimum Gasteiger partial charge on any atom is -0.466 e. The lowest BCUT2D eigenvalue weighted by Crippen LogP contribution is -2.27. The van der Waals surface area contributed by atoms with Crippen molar-refractivity contribution in [2.24, 2.45) is 0 Å². The van der Waals surface area contributed by atoms with Crippen LogP contribution in [0.1, 0.15) is 46.1 Å². The van der Waals surface area contributed by atoms with Crippen LogP contribution < -0.4 is 11.1 Å². The van der Waals surface area contributed by atoms with Gasteiger partial charge in [-0.15, -0.1) is 0 Å². The van der Waals surface area contributed by atoms with E-state index in [1.165, 1.54) is 0 Å². The van der Waals surface area contributed by atoms with E-state index in [0.717, 1.165) is 17.1 Å². The highest BCUT2D eigenvalue weighted by Crippen LogP contribution is 2.22. The van der Waals surface area contributed by atoms with E-state index < -0.39 is 0 Å². The van der Waals surface area contributed by atoms with Crippen molar-refractivity contribution in [2.75, 3.05) is 5.73 Å². The maximum Gasteiger partial charge on any atom is 0.257 e. The smallest absolute Gasteiger partial charge is 0.257 e. The number of aromatic nitrogens is 2. The zero-order valence-corrected chi connectivity index (χ0v) is 11.5. The van der Waals surface area contributed by atoms with Gasteiger partial charge in [-0.05, 0) is 33.8 Å². The lowest BCUT2D eigenvalue weighted by atomic mass is 10.1. The first-order chi connectivity index (χ1) is 8.90. The van der Waals surface area contributed by atoms with E-state index >= 15 is 0 Å². The number of furan rings is 1. The van der Waals surface area contributed by atoms with Crippen LogP contribution in [-0.4, -0.2) is 16.1 Å². The number of carbonyl (C=O) groups excluding carboxylic acids is 1. The van der Waals surface area contributed by atoms with Crippen molar-refractivity contribution in [2.45, 2.75) is 33.7 Å². The fourth-order valence-electron chi connectivity index (χ4n) is 2.16. The van der Waals surface area contributed by atoms with Crippen LogP contribution in [0, 0.1) is 20.8 Å². The SMILES string of the molecule is Cc1cc(C(C)NC(=O)c2c(N)n[nH]c2C)c(C)o1. The number of amides is 1. The molecule has 2 heterocycles. The first-order valence-electron chi connectivity index (χ1n) is 6.08. The van der Waals surface area contributed by atoms with Crippen molar-refractivity contribution in [3.63, 3.8) is 0 Å². The number of hydrogen-bond donors (Lipinski definition) is 3. The molecule has 0 saturated carbocycles. The molecule has 2 rings (SSSR count). The van der Waals surface area contributed by atoms with Crippen LogP contribution in [-0.2, 0) is 0 Å². The summed E-state index contributed by atoms with van der Waals surface area (Å²) in [6.45, 7) is 7.42. The van der Waals surface area contributed by atoms with Crippen molar-refractivity contribution in [3.05, 3.63) is 34.4 Å². The third kappa shape index (κ3) is 2.47. The molecule has 0 aliphatic heterocycles. The molecule has 0 aliphatic rings. The molecule has 0 spiro atoms. The van der Waals surface area contributed by atoms with E-state index in [0.29, 0.717) is 11.3 Å². The molecule has 0 bridgehead atoms. The van der Waals surface area contributed by atoms with Crippen molar-refractivity contribution in [3.8, 4) is 0 Å². The second kappa shape index (κ2) is 4.79. The van der Waals surface area contributed by atoms with Gasteiger partial charge in [0.2, 0.25) is 0 Å². The Bertz CT molecular complexity index is 593. The average molecular weight is 262 g/mol. The average Bonchev–Trinajstić information content (AvgIpc) is 2.81. The van der Waals surface area contributed by atoms with Gasteiger partial charge >= 0.3 is 0 Å². The standard InChI is InChI=1S/C13H18N4O2/c1-6-5-10(9(4)19-6)7(2)15-13(18)11-8(3)16-17-12(11)14/h5,7H,1-4H3,(H,15,18)(H3,14,16,17). The number of nitrogen functional groups attached to an aromatic ring is 1. The molecule has 6 nitrogen and oxygen atoms in total. The molecule has 1 atom stereocenters. The Balaban J connectivity index is 2.18. The number of carbonyl (C=O) groups is 1. The maximum atomic E-state index is 12.2. The summed E-state index contributed by atoms with van der Waals surface area (Å²) in [6, 6.07) is 1.77. The fraction of sp³-hybridized carbons (Fsp3) is 0.385. The fourth-order valence-corrected chi connectivity index (χ4v) is 2.16. The first kappa shape index (κ1) is 13.2. The normalized spacial score (nSPS) is 12.4. The summed E-state index contributed by atoms with van der Waals surface area (Å²) in [7, 11) is 0. The Morgan fingerprint density at radius 3 is 2.63 bits per heavy atom. The molecule has 19 heavy (non-hydrogen) atoms. The minimum atomic E-state index is -0.241. The number of nitrogens with one attached hydrogen (secondary N) is 2. The lowest BCUT2D eigenvalue weighted by molar-refractivity contribution is 0.0940. The van der Waals surface area contributed by atoms with Crippen LogP contribution in [0.4, 0.5) is 5.82 Å². The van der Waals surface area contributed by atoms with Crippen LogP contribution in [0.2, 0.25) is 0 Å². The zero-order chi connectivity index (χ0) is 14.2. The van der Waals surface area contributed by atoms with E-state index in [-0.39, 0.29) is 17.8 Å². The quantitative estimate of drug-likeness (QED) is 0.788. The predicted molar refractivity (Wildman–Crippen MR) is 71.8 cm³/mol. The van der Waals surface area contributed by atoms with Crippen LogP contribution in [0.3, 0.4) is 0 Å². The van der Waals surface area contributed by atoms with Crippen LogP contribution in [0.15, 0.2) is 10.5 Å². The van der Waals surface area contributed by atoms with Crippen molar-refractivity contribution in [1.82, 2.24) is 15.5 Å². The third-order valence-electron chi connectivity index (χ3n) is 3.10. The second-order valence-corrected chi connectivity index (χ2v) is 4.67. The molecule has 4 N–H and O–H groups in total. The molecular formula is C13H18N4O2. The van der Waals surface area contributed by atoms with Gasteiger partial charge in [0.25, 0.3) is 5.91 Å². The number of nitrogens with two attached hydrogens (primary N) is 1. The van der Waals surface area contributed by atoms with Crippen LogP contribution in [0.25, 0.3) is 0 Å². The van der Waals surface area contributed by atoms with Gasteiger partial charge < -0.3 is 15.5 Å². The molecule has 1 amide bonds. The van der Waals surface area contributed by atoms with E-state index in [1.54, 1.807) is 6.92 Å². The molecule has 0 aliphatic carbocycles. The molecule has 6 heteroatoms. The molecule has 0 fully saturated rings. The van der Waals surface area contributed by atoms with Gasteiger partial charge in [-0.2, -0.15) is 5.10 Å². The highest BCUT2D eigenvalue weighted by Gasteiger charge is 2.20. The van der Waals surface area contributed by atoms with E-state index in [9.17, 15) is 4.79 Å². The lowest BCUT2D eigenvalue weighted by Gasteiger charge is -2.13. The van der Waals surface area contributed by atoms with Gasteiger partial charge in [-0.25, -0.2) is 0 Å². The summed E-state index contributed by atoms with van der Waals surface area (Å²) in [4.78, 5) is 12.2. The second-order valence-electron chi connectivity index (χ2n) is 4.67. The van der Waals surface area contributed by atoms with E-state index in [4.69, 9.17) is 10.2 Å². The summed E-state index contributed by atoms with van der Waals surface area (Å²) in [6.07, 6.45) is 0. The maximum absolute atomic E-state index is 12.2. The Morgan fingerprint density at radius 2 is 2.16 bits per heavy atom. The summed E-state index contributed by atoms with van der Waals surface area (Å²) < 4.78 is 5.46. The Morgan fingerprint density at radius 1 is 1.47 bits per heavy atom. The number of rotatable bonds is 3. The summed E-state index contributed by atoms with van der Waals surface area (Å²) in [5.74, 6) is 1.60. The first-order valence-corrected chi connectivity index (χ1v) is 6.08. The zero-order valence-electron chi connectivity index (χ0n) is 11.5. The molecule has 2 aromatic heterocycles. The summed E-state index contributed by atoms with van der Waals surface area (Å²) >= 11 is 0. The number of anilines is 1. The molecule has 2 aromatic rings. The van der Waals surface area contributed by atoms with Gasteiger partial charge in [0, 0.05) is 11.3 Å². The Hall–Kier alpha value is -2.24. The minimum absolute atomic E-state index is 0.154. The van der Waals surface area contributed by atoms with E-state index in [2.05, 4.69) is 15.5 Å². The number of nitrogens with zero attached hydrogens (tertiary/aromatic N) is 1. The van der Waals surface area contributed by atoms with Gasteiger partial charge in [-0.1, -0.05) is 0 Å². The Kier molecular flexibility index (Phi) is 3.33. The molecule has 0 aromatic carbocycles. The molecule has 102 valence electrons. The molecule has 1 unspecified atom stereocenters. The summed E-state index contributed by atoms with van der Waals surface area (Å²) in [5, 5.41) is 9.40. The molecule has 0 radical (unpaired) electrons. The number of H-pyrrole nitrogens is 1. The Labute approximate surface area is 111 Å². The molecule has 0 saturated heterocycles. The number of aryl methyl sites for hydroxylation is 3. The van der Waals surface area contributed by atoms with Gasteiger partial charge in [0.15, 0.2) is 5.82 Å². The van der Waals surface area contributed by atoms with Gasteiger partial charge in [0.1, 0.15) is 17.1 Å². The van der Waals surface area contributed by atoms with Crippen molar-refractivity contribution >= 4 is 11.7 Å². The van der Waals surface area contributed by atoms with Gasteiger partial charge in [-0.3, -0.25) is 9.89 Å². The number of hydrogen-bond acceptors (Lipinski definition) is 4. The molecular weight excluding hydrogens is 244 g/mol. The number of aromatic amines is 1. The monoisotopic (exact) mass is 262 g/mol. The predicted octanol–water partition coefficient (Wildman–Crippen LogP) is 2.00. The highest BCUT2D eigenvalue weighted by atomic mass is 16.3. The van der Waals surface area contributed by atoms with Crippen LogP contribution in [0.5, 0.6) is 0 Å². The van der Waals surface area contributed by atoms with E-state index in [1.807, 2.05) is 26.8 Å². The largest absolute Gasteiger partial charge is 0.466 e.